The molecule has 1 aliphatic heterocycles. The molecule has 45 heavy (non-hydrogen) atoms. The molecule has 0 bridgehead atoms. The Bertz CT molecular complexity index is 1140. The highest BCUT2D eigenvalue weighted by molar-refractivity contribution is 6.77. The lowest BCUT2D eigenvalue weighted by atomic mass is 9.49. The maximum atomic E-state index is 14.4. The van der Waals surface area contributed by atoms with Gasteiger partial charge in [0.25, 0.3) is 0 Å². The summed E-state index contributed by atoms with van der Waals surface area (Å²) in [5.74, 6) is 1.56. The van der Waals surface area contributed by atoms with Gasteiger partial charge in [-0.1, -0.05) is 60.6 Å². The molecule has 0 aromatic heterocycles. The summed E-state index contributed by atoms with van der Waals surface area (Å²) in [6.07, 6.45) is 3.80. The molecule has 3 saturated carbocycles. The molecule has 252 valence electrons. The lowest BCUT2D eigenvalue weighted by Crippen LogP contribution is -2.61. The van der Waals surface area contributed by atoms with Gasteiger partial charge in [-0.2, -0.15) is 0 Å². The smallest absolute Gasteiger partial charge is 0.200 e. The summed E-state index contributed by atoms with van der Waals surface area (Å²) in [7, 11) is -0.528. The van der Waals surface area contributed by atoms with Crippen molar-refractivity contribution < 1.29 is 33.0 Å². The first-order chi connectivity index (χ1) is 21.4. The predicted molar refractivity (Wildman–Crippen MR) is 178 cm³/mol. The number of benzene rings is 1. The van der Waals surface area contributed by atoms with E-state index in [0.717, 1.165) is 30.6 Å². The number of hydrogen-bond donors (Lipinski definition) is 0. The lowest BCUT2D eigenvalue weighted by Gasteiger charge is -2.58. The molecule has 4 aliphatic rings. The van der Waals surface area contributed by atoms with E-state index in [4.69, 9.17) is 23.4 Å². The number of Topliss-reactive ketones (excluding diaryl/α,β-unsaturated/α-hetero) is 2. The third kappa shape index (κ3) is 6.87. The third-order valence-electron chi connectivity index (χ3n) is 11.9. The van der Waals surface area contributed by atoms with Crippen molar-refractivity contribution in [2.75, 3.05) is 26.9 Å². The van der Waals surface area contributed by atoms with Crippen molar-refractivity contribution in [2.24, 2.45) is 35.0 Å². The van der Waals surface area contributed by atoms with Gasteiger partial charge in [0.1, 0.15) is 17.3 Å². The summed E-state index contributed by atoms with van der Waals surface area (Å²) >= 11 is 0. The van der Waals surface area contributed by atoms with E-state index in [9.17, 15) is 9.59 Å². The molecule has 1 aromatic carbocycles. The standard InChI is InChI=1S/C37H58O7Si/c1-23(2)45(24(3)4,25(5)6)44-33-15-14-29-30(34(33)36-42-16-9-17-43-36)19-32(39)35-31(29)18-27(38)20-37(35,7)22-41-21-26-10-12-28(40-8)13-11-26/h10-13,23-25,29-31,33-36H,9,14-22H2,1-8H3/t29-,30-,31+,33-,34-,35+,37+/m1/s1. The van der Waals surface area contributed by atoms with Gasteiger partial charge in [-0.05, 0) is 71.3 Å². The molecule has 1 aromatic rings. The van der Waals surface area contributed by atoms with Gasteiger partial charge in [0.05, 0.1) is 39.6 Å². The third-order valence-corrected chi connectivity index (χ3v) is 18.0. The van der Waals surface area contributed by atoms with Crippen LogP contribution in [0.25, 0.3) is 0 Å². The molecular weight excluding hydrogens is 584 g/mol. The summed E-state index contributed by atoms with van der Waals surface area (Å²) in [5, 5.41) is 0. The highest BCUT2D eigenvalue weighted by Gasteiger charge is 2.60. The van der Waals surface area contributed by atoms with Crippen LogP contribution >= 0.6 is 0 Å². The monoisotopic (exact) mass is 642 g/mol. The van der Waals surface area contributed by atoms with Gasteiger partial charge in [-0.3, -0.25) is 9.59 Å². The lowest BCUT2D eigenvalue weighted by molar-refractivity contribution is -0.245. The van der Waals surface area contributed by atoms with Gasteiger partial charge in [-0.15, -0.1) is 0 Å². The van der Waals surface area contributed by atoms with E-state index in [1.54, 1.807) is 7.11 Å². The number of fused-ring (bicyclic) bond motifs is 3. The van der Waals surface area contributed by atoms with E-state index in [1.807, 2.05) is 24.3 Å². The minimum atomic E-state index is -2.18. The van der Waals surface area contributed by atoms with Gasteiger partial charge in [0, 0.05) is 36.5 Å². The van der Waals surface area contributed by atoms with Crippen molar-refractivity contribution in [3.05, 3.63) is 29.8 Å². The van der Waals surface area contributed by atoms with Crippen LogP contribution in [0.2, 0.25) is 16.6 Å². The Morgan fingerprint density at radius 3 is 2.13 bits per heavy atom. The Labute approximate surface area is 272 Å². The topological polar surface area (TPSA) is 80.3 Å². The second-order valence-electron chi connectivity index (χ2n) is 15.6. The molecule has 4 fully saturated rings. The summed E-state index contributed by atoms with van der Waals surface area (Å²) in [4.78, 5) is 27.8. The number of carbonyl (C=O) groups excluding carboxylic acids is 2. The molecule has 3 aliphatic carbocycles. The first-order valence-electron chi connectivity index (χ1n) is 17.6. The Morgan fingerprint density at radius 1 is 0.889 bits per heavy atom. The summed E-state index contributed by atoms with van der Waals surface area (Å²) in [6, 6.07) is 7.85. The van der Waals surface area contributed by atoms with Gasteiger partial charge in [0.2, 0.25) is 8.32 Å². The predicted octanol–water partition coefficient (Wildman–Crippen LogP) is 7.75. The first-order valence-corrected chi connectivity index (χ1v) is 19.7. The van der Waals surface area contributed by atoms with Gasteiger partial charge < -0.3 is 23.4 Å². The Hall–Kier alpha value is -1.58. The van der Waals surface area contributed by atoms with Gasteiger partial charge in [-0.25, -0.2) is 0 Å². The fraction of sp³-hybridized carbons (Fsp3) is 0.784. The van der Waals surface area contributed by atoms with Crippen LogP contribution < -0.4 is 4.74 Å². The van der Waals surface area contributed by atoms with E-state index in [-0.39, 0.29) is 53.6 Å². The zero-order valence-electron chi connectivity index (χ0n) is 29.0. The number of methoxy groups -OCH3 is 1. The van der Waals surface area contributed by atoms with Crippen molar-refractivity contribution in [1.82, 2.24) is 0 Å². The average Bonchev–Trinajstić information content (AvgIpc) is 2.99. The second kappa shape index (κ2) is 14.3. The molecule has 7 nitrogen and oxygen atoms in total. The van der Waals surface area contributed by atoms with Crippen LogP contribution in [-0.4, -0.2) is 59.2 Å². The maximum Gasteiger partial charge on any atom is 0.200 e. The summed E-state index contributed by atoms with van der Waals surface area (Å²) < 4.78 is 31.7. The van der Waals surface area contributed by atoms with Crippen molar-refractivity contribution in [1.29, 1.82) is 0 Å². The fourth-order valence-electron chi connectivity index (χ4n) is 10.2. The first kappa shape index (κ1) is 34.7. The van der Waals surface area contributed by atoms with Crippen LogP contribution in [0.1, 0.15) is 92.6 Å². The fourth-order valence-corrected chi connectivity index (χ4v) is 15.9. The molecule has 1 saturated heterocycles. The highest BCUT2D eigenvalue weighted by atomic mass is 28.4. The highest BCUT2D eigenvalue weighted by Crippen LogP contribution is 2.58. The quantitative estimate of drug-likeness (QED) is 0.228. The molecule has 0 radical (unpaired) electrons. The van der Waals surface area contributed by atoms with Gasteiger partial charge in [0.15, 0.2) is 6.29 Å². The summed E-state index contributed by atoms with van der Waals surface area (Å²) in [5.41, 5.74) is 1.94. The van der Waals surface area contributed by atoms with Crippen LogP contribution in [0.4, 0.5) is 0 Å². The number of carbonyl (C=O) groups is 2. The molecule has 0 spiro atoms. The van der Waals surface area contributed by atoms with Crippen molar-refractivity contribution in [3.63, 3.8) is 0 Å². The minimum absolute atomic E-state index is 0.00364. The molecule has 7 atom stereocenters. The van der Waals surface area contributed by atoms with Crippen LogP contribution in [-0.2, 0) is 34.8 Å². The van der Waals surface area contributed by atoms with Crippen LogP contribution in [0.5, 0.6) is 5.75 Å². The Balaban J connectivity index is 1.39. The average molecular weight is 643 g/mol. The molecule has 5 rings (SSSR count). The number of hydrogen-bond acceptors (Lipinski definition) is 7. The zero-order valence-corrected chi connectivity index (χ0v) is 30.0. The van der Waals surface area contributed by atoms with Crippen molar-refractivity contribution in [2.45, 2.75) is 123 Å². The van der Waals surface area contributed by atoms with E-state index < -0.39 is 13.7 Å². The minimum Gasteiger partial charge on any atom is -0.497 e. The molecule has 1 heterocycles. The van der Waals surface area contributed by atoms with Crippen molar-refractivity contribution >= 4 is 19.9 Å². The SMILES string of the molecule is COc1ccc(COC[C@]2(C)CC(=O)C[C@H]3[C@@H]4CC[C@@H](O[Si](C(C)C)(C(C)C)C(C)C)[C@H](C5OCCCO5)[C@@H]4CC(=O)[C@H]32)cc1. The van der Waals surface area contributed by atoms with E-state index in [2.05, 4.69) is 48.5 Å². The largest absolute Gasteiger partial charge is 0.497 e. The second-order valence-corrected chi connectivity index (χ2v) is 21.1. The molecular formula is C37H58O7Si. The zero-order chi connectivity index (χ0) is 32.5. The maximum absolute atomic E-state index is 14.4. The van der Waals surface area contributed by atoms with Crippen LogP contribution in [0.15, 0.2) is 24.3 Å². The number of rotatable bonds is 11. The molecule has 0 N–H and O–H groups in total. The normalized spacial score (nSPS) is 33.0. The molecule has 0 amide bonds. The molecule has 0 unspecified atom stereocenters. The van der Waals surface area contributed by atoms with Crippen LogP contribution in [0.3, 0.4) is 0 Å². The van der Waals surface area contributed by atoms with E-state index in [0.29, 0.717) is 62.3 Å². The van der Waals surface area contributed by atoms with E-state index >= 15 is 0 Å². The van der Waals surface area contributed by atoms with Crippen LogP contribution in [0, 0.1) is 35.0 Å². The van der Waals surface area contributed by atoms with Crippen molar-refractivity contribution in [3.8, 4) is 5.75 Å². The van der Waals surface area contributed by atoms with E-state index in [1.165, 1.54) is 0 Å². The number of ketones is 2. The molecule has 8 heteroatoms. The number of ether oxygens (including phenoxy) is 4. The Kier molecular flexibility index (Phi) is 11.0. The van der Waals surface area contributed by atoms with Gasteiger partial charge >= 0.3 is 0 Å². The Morgan fingerprint density at radius 2 is 1.53 bits per heavy atom. The summed E-state index contributed by atoms with van der Waals surface area (Å²) in [6.45, 7) is 18.3.